The molecule has 4 nitrogen and oxygen atoms in total. The zero-order valence-electron chi connectivity index (χ0n) is 11.5. The Morgan fingerprint density at radius 1 is 1.19 bits per heavy atom. The molecule has 0 atom stereocenters. The zero-order chi connectivity index (χ0) is 14.7. The Morgan fingerprint density at radius 2 is 1.95 bits per heavy atom. The molecule has 0 saturated heterocycles. The highest BCUT2D eigenvalue weighted by atomic mass is 35.5. The van der Waals surface area contributed by atoms with Gasteiger partial charge in [0.25, 0.3) is 5.91 Å². The lowest BCUT2D eigenvalue weighted by Gasteiger charge is -2.18. The Labute approximate surface area is 132 Å². The summed E-state index contributed by atoms with van der Waals surface area (Å²) in [4.78, 5) is 12.2. The normalized spacial score (nSPS) is 15.9. The van der Waals surface area contributed by atoms with Crippen molar-refractivity contribution in [1.82, 2.24) is 10.2 Å². The molecule has 2 aromatic rings. The first-order chi connectivity index (χ1) is 10.2. The number of rotatable bonds is 3. The minimum Gasteiger partial charge on any atom is -0.296 e. The van der Waals surface area contributed by atoms with Gasteiger partial charge in [0.05, 0.1) is 10.6 Å². The van der Waals surface area contributed by atoms with E-state index in [1.807, 2.05) is 0 Å². The molecule has 3 rings (SSSR count). The van der Waals surface area contributed by atoms with Gasteiger partial charge < -0.3 is 0 Å². The van der Waals surface area contributed by atoms with Crippen molar-refractivity contribution in [3.8, 4) is 0 Å². The zero-order valence-corrected chi connectivity index (χ0v) is 13.1. The van der Waals surface area contributed by atoms with E-state index in [-0.39, 0.29) is 5.91 Å². The third kappa shape index (κ3) is 3.41. The lowest BCUT2D eigenvalue weighted by Crippen LogP contribution is -2.12. The minimum atomic E-state index is -0.244. The summed E-state index contributed by atoms with van der Waals surface area (Å²) in [7, 11) is 0. The van der Waals surface area contributed by atoms with Gasteiger partial charge >= 0.3 is 0 Å². The first-order valence-electron chi connectivity index (χ1n) is 7.13. The molecular formula is C15H16ClN3OS. The number of anilines is 1. The van der Waals surface area contributed by atoms with Gasteiger partial charge in [-0.15, -0.1) is 10.2 Å². The summed E-state index contributed by atoms with van der Waals surface area (Å²) in [6, 6.07) is 6.98. The molecule has 21 heavy (non-hydrogen) atoms. The van der Waals surface area contributed by atoms with Crippen LogP contribution in [0.25, 0.3) is 0 Å². The van der Waals surface area contributed by atoms with Crippen LogP contribution in [0.15, 0.2) is 24.3 Å². The van der Waals surface area contributed by atoms with E-state index in [1.54, 1.807) is 24.3 Å². The van der Waals surface area contributed by atoms with E-state index < -0.39 is 0 Å². The first-order valence-corrected chi connectivity index (χ1v) is 8.33. The molecule has 0 spiro atoms. The van der Waals surface area contributed by atoms with E-state index in [0.717, 1.165) is 5.01 Å². The van der Waals surface area contributed by atoms with E-state index >= 15 is 0 Å². The lowest BCUT2D eigenvalue weighted by molar-refractivity contribution is 0.102. The maximum absolute atomic E-state index is 12.2. The number of amides is 1. The summed E-state index contributed by atoms with van der Waals surface area (Å²) in [6.45, 7) is 0. The summed E-state index contributed by atoms with van der Waals surface area (Å²) in [5.41, 5.74) is 0.452. The summed E-state index contributed by atoms with van der Waals surface area (Å²) < 4.78 is 0. The van der Waals surface area contributed by atoms with Crippen LogP contribution in [-0.4, -0.2) is 16.1 Å². The maximum Gasteiger partial charge on any atom is 0.259 e. The van der Waals surface area contributed by atoms with Crippen molar-refractivity contribution >= 4 is 34.0 Å². The number of benzene rings is 1. The molecule has 1 saturated carbocycles. The first kappa shape index (κ1) is 14.5. The lowest BCUT2D eigenvalue weighted by atomic mass is 9.90. The van der Waals surface area contributed by atoms with Gasteiger partial charge in [0.1, 0.15) is 5.01 Å². The molecule has 0 bridgehead atoms. The van der Waals surface area contributed by atoms with Gasteiger partial charge in [-0.3, -0.25) is 10.1 Å². The van der Waals surface area contributed by atoms with Crippen molar-refractivity contribution in [2.45, 2.75) is 38.0 Å². The molecule has 0 unspecified atom stereocenters. The summed E-state index contributed by atoms with van der Waals surface area (Å²) in [6.07, 6.45) is 6.17. The van der Waals surface area contributed by atoms with Crippen LogP contribution in [0.4, 0.5) is 5.13 Å². The predicted octanol–water partition coefficient (Wildman–Crippen LogP) is 4.49. The van der Waals surface area contributed by atoms with Crippen LogP contribution in [0.3, 0.4) is 0 Å². The second-order valence-corrected chi connectivity index (χ2v) is 6.63. The average molecular weight is 322 g/mol. The number of carbonyl (C=O) groups excluding carboxylic acids is 1. The second kappa shape index (κ2) is 6.54. The fraction of sp³-hybridized carbons (Fsp3) is 0.400. The van der Waals surface area contributed by atoms with Crippen LogP contribution in [0, 0.1) is 0 Å². The SMILES string of the molecule is O=C(Nc1nnc(C2CCCCC2)s1)c1ccccc1Cl. The number of nitrogens with zero attached hydrogens (tertiary/aromatic N) is 2. The van der Waals surface area contributed by atoms with E-state index in [2.05, 4.69) is 15.5 Å². The molecular weight excluding hydrogens is 306 g/mol. The fourth-order valence-corrected chi connectivity index (χ4v) is 3.74. The molecule has 1 heterocycles. The molecule has 1 fully saturated rings. The predicted molar refractivity (Wildman–Crippen MR) is 85.1 cm³/mol. The molecule has 110 valence electrons. The molecule has 1 amide bonds. The quantitative estimate of drug-likeness (QED) is 0.906. The number of carbonyl (C=O) groups is 1. The van der Waals surface area contributed by atoms with Gasteiger partial charge in [-0.05, 0) is 25.0 Å². The van der Waals surface area contributed by atoms with Crippen molar-refractivity contribution in [1.29, 1.82) is 0 Å². The molecule has 0 radical (unpaired) electrons. The number of halogens is 1. The molecule has 1 aromatic carbocycles. The molecule has 1 aliphatic rings. The van der Waals surface area contributed by atoms with Gasteiger partial charge in [-0.1, -0.05) is 54.3 Å². The third-order valence-electron chi connectivity index (χ3n) is 3.73. The Morgan fingerprint density at radius 3 is 2.71 bits per heavy atom. The molecule has 1 N–H and O–H groups in total. The van der Waals surface area contributed by atoms with Gasteiger partial charge in [-0.25, -0.2) is 0 Å². The van der Waals surface area contributed by atoms with E-state index in [1.165, 1.54) is 43.4 Å². The fourth-order valence-electron chi connectivity index (χ4n) is 2.61. The number of aromatic nitrogens is 2. The Balaban J connectivity index is 1.69. The van der Waals surface area contributed by atoms with Crippen molar-refractivity contribution in [3.63, 3.8) is 0 Å². The largest absolute Gasteiger partial charge is 0.296 e. The monoisotopic (exact) mass is 321 g/mol. The Bertz CT molecular complexity index is 637. The van der Waals surface area contributed by atoms with Gasteiger partial charge in [0.15, 0.2) is 0 Å². The van der Waals surface area contributed by atoms with Crippen LogP contribution in [0.2, 0.25) is 5.02 Å². The van der Waals surface area contributed by atoms with Gasteiger partial charge in [-0.2, -0.15) is 0 Å². The minimum absolute atomic E-state index is 0.244. The summed E-state index contributed by atoms with van der Waals surface area (Å²) in [5.74, 6) is 0.258. The third-order valence-corrected chi connectivity index (χ3v) is 5.06. The number of nitrogens with one attached hydrogen (secondary N) is 1. The molecule has 6 heteroatoms. The van der Waals surface area contributed by atoms with E-state index in [4.69, 9.17) is 11.6 Å². The molecule has 1 aliphatic carbocycles. The standard InChI is InChI=1S/C15H16ClN3OS/c16-12-9-5-4-8-11(12)13(20)17-15-19-18-14(21-15)10-6-2-1-3-7-10/h4-5,8-10H,1-3,6-7H2,(H,17,19,20). The van der Waals surface area contributed by atoms with Crippen molar-refractivity contribution < 1.29 is 4.79 Å². The van der Waals surface area contributed by atoms with E-state index in [0.29, 0.717) is 21.6 Å². The van der Waals surface area contributed by atoms with Crippen LogP contribution in [-0.2, 0) is 0 Å². The van der Waals surface area contributed by atoms with Crippen LogP contribution >= 0.6 is 22.9 Å². The van der Waals surface area contributed by atoms with Gasteiger partial charge in [0, 0.05) is 5.92 Å². The average Bonchev–Trinajstić information content (AvgIpc) is 2.97. The molecule has 1 aromatic heterocycles. The van der Waals surface area contributed by atoms with Crippen molar-refractivity contribution in [2.75, 3.05) is 5.32 Å². The summed E-state index contributed by atoms with van der Waals surface area (Å²) >= 11 is 7.49. The van der Waals surface area contributed by atoms with Gasteiger partial charge in [0.2, 0.25) is 5.13 Å². The van der Waals surface area contributed by atoms with E-state index in [9.17, 15) is 4.79 Å². The van der Waals surface area contributed by atoms with Crippen molar-refractivity contribution in [3.05, 3.63) is 39.9 Å². The van der Waals surface area contributed by atoms with Crippen LogP contribution in [0.1, 0.15) is 53.4 Å². The Kier molecular flexibility index (Phi) is 4.51. The van der Waals surface area contributed by atoms with Crippen molar-refractivity contribution in [2.24, 2.45) is 0 Å². The number of hydrogen-bond acceptors (Lipinski definition) is 4. The second-order valence-electron chi connectivity index (χ2n) is 5.21. The Hall–Kier alpha value is -1.46. The number of hydrogen-bond donors (Lipinski definition) is 1. The molecule has 0 aliphatic heterocycles. The highest BCUT2D eigenvalue weighted by molar-refractivity contribution is 7.15. The van der Waals surface area contributed by atoms with Crippen LogP contribution in [0.5, 0.6) is 0 Å². The highest BCUT2D eigenvalue weighted by Crippen LogP contribution is 2.35. The van der Waals surface area contributed by atoms with Crippen LogP contribution < -0.4 is 5.32 Å². The highest BCUT2D eigenvalue weighted by Gasteiger charge is 2.20. The smallest absolute Gasteiger partial charge is 0.259 e. The summed E-state index contributed by atoms with van der Waals surface area (Å²) in [5, 5.41) is 13.1. The topological polar surface area (TPSA) is 54.9 Å². The maximum atomic E-state index is 12.2.